The molecule has 4 heterocycles. The lowest BCUT2D eigenvalue weighted by Crippen LogP contribution is -2.45. The molecule has 1 aliphatic rings. The van der Waals surface area contributed by atoms with Crippen molar-refractivity contribution in [2.24, 2.45) is 0 Å². The molecule has 29 heavy (non-hydrogen) atoms. The van der Waals surface area contributed by atoms with Crippen molar-refractivity contribution in [2.75, 3.05) is 6.54 Å². The predicted molar refractivity (Wildman–Crippen MR) is 110 cm³/mol. The van der Waals surface area contributed by atoms with Crippen LogP contribution in [0.25, 0.3) is 0 Å². The first kappa shape index (κ1) is 19.3. The highest BCUT2D eigenvalue weighted by molar-refractivity contribution is 5.83. The van der Waals surface area contributed by atoms with Crippen molar-refractivity contribution >= 4 is 5.91 Å². The zero-order valence-electron chi connectivity index (χ0n) is 16.8. The quantitative estimate of drug-likeness (QED) is 0.700. The molecule has 7 nitrogen and oxygen atoms in total. The van der Waals surface area contributed by atoms with Gasteiger partial charge in [0, 0.05) is 56.9 Å². The molecule has 1 N–H and O–H groups in total. The third-order valence-corrected chi connectivity index (χ3v) is 5.27. The average Bonchev–Trinajstić information content (AvgIpc) is 3.18. The van der Waals surface area contributed by atoms with E-state index in [1.54, 1.807) is 18.6 Å². The van der Waals surface area contributed by atoms with Crippen LogP contribution in [0.5, 0.6) is 0 Å². The molecule has 0 aromatic carbocycles. The Bertz CT molecular complexity index is 954. The van der Waals surface area contributed by atoms with Gasteiger partial charge in [-0.15, -0.1) is 0 Å². The fraction of sp³-hybridized carbons (Fsp3) is 0.364. The maximum absolute atomic E-state index is 13.4. The van der Waals surface area contributed by atoms with Gasteiger partial charge in [0.15, 0.2) is 0 Å². The van der Waals surface area contributed by atoms with Gasteiger partial charge in [0.05, 0.1) is 17.7 Å². The molecule has 0 fully saturated rings. The molecule has 0 aliphatic carbocycles. The highest BCUT2D eigenvalue weighted by Crippen LogP contribution is 2.32. The van der Waals surface area contributed by atoms with Crippen LogP contribution < -0.4 is 5.32 Å². The Hall–Kier alpha value is -3.06. The molecule has 3 aromatic rings. The van der Waals surface area contributed by atoms with Crippen molar-refractivity contribution in [3.63, 3.8) is 0 Å². The molecule has 1 aliphatic heterocycles. The van der Waals surface area contributed by atoms with Crippen LogP contribution in [-0.4, -0.2) is 36.9 Å². The standard InChI is InChI=1S/C22H26N6O/c1-16(2)28-15-26-19-7-10-27(14-18-6-4-9-24-12-18)21(20(19)28)22(29)25-13-17-5-3-8-23-11-17/h3-6,8-9,11-12,15-16,21H,7,10,13-14H2,1-2H3,(H,25,29)/t21-/m0/s1. The molecule has 0 spiro atoms. The number of rotatable bonds is 6. The molecule has 7 heteroatoms. The summed E-state index contributed by atoms with van der Waals surface area (Å²) in [6.45, 7) is 6.14. The number of hydrogen-bond donors (Lipinski definition) is 1. The summed E-state index contributed by atoms with van der Waals surface area (Å²) in [6.07, 6.45) is 9.84. The zero-order valence-corrected chi connectivity index (χ0v) is 16.8. The molecule has 0 bridgehead atoms. The summed E-state index contributed by atoms with van der Waals surface area (Å²) in [5.74, 6) is -0.0129. The van der Waals surface area contributed by atoms with Gasteiger partial charge < -0.3 is 9.88 Å². The van der Waals surface area contributed by atoms with Gasteiger partial charge in [0.1, 0.15) is 6.04 Å². The van der Waals surface area contributed by atoms with Gasteiger partial charge in [-0.3, -0.25) is 19.7 Å². The van der Waals surface area contributed by atoms with Gasteiger partial charge in [-0.25, -0.2) is 4.98 Å². The van der Waals surface area contributed by atoms with Crippen molar-refractivity contribution in [2.45, 2.75) is 45.4 Å². The van der Waals surface area contributed by atoms with E-state index in [1.807, 2.05) is 36.8 Å². The first-order valence-electron chi connectivity index (χ1n) is 9.98. The topological polar surface area (TPSA) is 75.9 Å². The van der Waals surface area contributed by atoms with Crippen LogP contribution in [0.4, 0.5) is 0 Å². The summed E-state index contributed by atoms with van der Waals surface area (Å²) >= 11 is 0. The summed E-state index contributed by atoms with van der Waals surface area (Å²) in [6, 6.07) is 7.67. The Balaban J connectivity index is 1.62. The number of aromatic nitrogens is 4. The second-order valence-electron chi connectivity index (χ2n) is 7.64. The van der Waals surface area contributed by atoms with Crippen molar-refractivity contribution in [3.05, 3.63) is 77.9 Å². The van der Waals surface area contributed by atoms with E-state index in [-0.39, 0.29) is 18.0 Å². The zero-order chi connectivity index (χ0) is 20.2. The molecule has 1 amide bonds. The Morgan fingerprint density at radius 3 is 2.55 bits per heavy atom. The summed E-state index contributed by atoms with van der Waals surface area (Å²) < 4.78 is 2.12. The Morgan fingerprint density at radius 1 is 1.17 bits per heavy atom. The van der Waals surface area contributed by atoms with E-state index in [9.17, 15) is 4.79 Å². The Kier molecular flexibility index (Phi) is 5.67. The molecular weight excluding hydrogens is 364 g/mol. The number of fused-ring (bicyclic) bond motifs is 1. The largest absolute Gasteiger partial charge is 0.350 e. The summed E-state index contributed by atoms with van der Waals surface area (Å²) in [5.41, 5.74) is 4.09. The van der Waals surface area contributed by atoms with Gasteiger partial charge in [-0.1, -0.05) is 12.1 Å². The van der Waals surface area contributed by atoms with E-state index in [0.717, 1.165) is 35.5 Å². The van der Waals surface area contributed by atoms with Crippen LogP contribution in [0.1, 0.15) is 48.4 Å². The number of nitrogens with zero attached hydrogens (tertiary/aromatic N) is 5. The lowest BCUT2D eigenvalue weighted by Gasteiger charge is -2.35. The van der Waals surface area contributed by atoms with Gasteiger partial charge in [0.2, 0.25) is 5.91 Å². The minimum Gasteiger partial charge on any atom is -0.350 e. The Labute approximate surface area is 170 Å². The highest BCUT2D eigenvalue weighted by Gasteiger charge is 2.36. The van der Waals surface area contributed by atoms with Crippen molar-refractivity contribution in [1.29, 1.82) is 0 Å². The average molecular weight is 390 g/mol. The second kappa shape index (κ2) is 8.53. The lowest BCUT2D eigenvalue weighted by atomic mass is 10.00. The fourth-order valence-electron chi connectivity index (χ4n) is 3.84. The summed E-state index contributed by atoms with van der Waals surface area (Å²) in [5, 5.41) is 3.10. The van der Waals surface area contributed by atoms with Crippen LogP contribution in [0.3, 0.4) is 0 Å². The number of nitrogens with one attached hydrogen (secondary N) is 1. The van der Waals surface area contributed by atoms with Crippen LogP contribution in [0.15, 0.2) is 55.4 Å². The van der Waals surface area contributed by atoms with Gasteiger partial charge >= 0.3 is 0 Å². The van der Waals surface area contributed by atoms with Gasteiger partial charge in [-0.05, 0) is 37.1 Å². The molecular formula is C22H26N6O. The fourth-order valence-corrected chi connectivity index (χ4v) is 3.84. The molecule has 0 saturated carbocycles. The van der Waals surface area contributed by atoms with Crippen molar-refractivity contribution in [3.8, 4) is 0 Å². The molecule has 0 saturated heterocycles. The number of amides is 1. The number of hydrogen-bond acceptors (Lipinski definition) is 5. The van der Waals surface area contributed by atoms with E-state index in [1.165, 1.54) is 0 Å². The lowest BCUT2D eigenvalue weighted by molar-refractivity contribution is -0.127. The molecule has 0 unspecified atom stereocenters. The minimum absolute atomic E-state index is 0.0129. The van der Waals surface area contributed by atoms with Crippen LogP contribution in [-0.2, 0) is 24.3 Å². The number of imidazole rings is 1. The smallest absolute Gasteiger partial charge is 0.243 e. The van der Waals surface area contributed by atoms with E-state index >= 15 is 0 Å². The van der Waals surface area contributed by atoms with Gasteiger partial charge in [-0.2, -0.15) is 0 Å². The van der Waals surface area contributed by atoms with Crippen LogP contribution in [0.2, 0.25) is 0 Å². The molecule has 0 radical (unpaired) electrons. The van der Waals surface area contributed by atoms with E-state index in [4.69, 9.17) is 0 Å². The maximum Gasteiger partial charge on any atom is 0.243 e. The van der Waals surface area contributed by atoms with E-state index in [0.29, 0.717) is 13.1 Å². The van der Waals surface area contributed by atoms with Crippen LogP contribution in [0, 0.1) is 0 Å². The number of carbonyl (C=O) groups is 1. The number of pyridine rings is 2. The van der Waals surface area contributed by atoms with Crippen molar-refractivity contribution in [1.82, 2.24) is 29.7 Å². The molecule has 4 rings (SSSR count). The van der Waals surface area contributed by atoms with Gasteiger partial charge in [0.25, 0.3) is 0 Å². The Morgan fingerprint density at radius 2 is 1.90 bits per heavy atom. The van der Waals surface area contributed by atoms with Crippen LogP contribution >= 0.6 is 0 Å². The normalized spacial score (nSPS) is 16.6. The summed E-state index contributed by atoms with van der Waals surface area (Å²) in [7, 11) is 0. The molecule has 3 aromatic heterocycles. The molecule has 150 valence electrons. The van der Waals surface area contributed by atoms with Crippen molar-refractivity contribution < 1.29 is 4.79 Å². The monoisotopic (exact) mass is 390 g/mol. The third kappa shape index (κ3) is 4.19. The first-order chi connectivity index (χ1) is 14.1. The SMILES string of the molecule is CC(C)n1cnc2c1[C@@H](C(=O)NCc1cccnc1)N(Cc1cccnc1)CC2. The second-order valence-corrected chi connectivity index (χ2v) is 7.64. The van der Waals surface area contributed by atoms with E-state index < -0.39 is 0 Å². The predicted octanol–water partition coefficient (Wildman–Crippen LogP) is 2.67. The number of carbonyl (C=O) groups excluding carboxylic acids is 1. The van der Waals surface area contributed by atoms with E-state index in [2.05, 4.69) is 43.6 Å². The molecule has 1 atom stereocenters. The third-order valence-electron chi connectivity index (χ3n) is 5.27. The summed E-state index contributed by atoms with van der Waals surface area (Å²) in [4.78, 5) is 28.6. The first-order valence-corrected chi connectivity index (χ1v) is 9.98. The highest BCUT2D eigenvalue weighted by atomic mass is 16.2. The maximum atomic E-state index is 13.4. The minimum atomic E-state index is -0.388.